The van der Waals surface area contributed by atoms with Gasteiger partial charge in [-0.2, -0.15) is 4.99 Å². The Labute approximate surface area is 173 Å². The van der Waals surface area contributed by atoms with E-state index in [4.69, 9.17) is 9.47 Å². The van der Waals surface area contributed by atoms with Crippen molar-refractivity contribution in [1.29, 1.82) is 0 Å². The summed E-state index contributed by atoms with van der Waals surface area (Å²) >= 11 is 2.60. The topological polar surface area (TPSA) is 82.8 Å². The monoisotopic (exact) mass is 427 g/mol. The first-order valence-electron chi connectivity index (χ1n) is 8.87. The summed E-state index contributed by atoms with van der Waals surface area (Å²) in [6.07, 6.45) is 0. The van der Waals surface area contributed by atoms with E-state index in [1.54, 1.807) is 24.7 Å². The highest BCUT2D eigenvalue weighted by Crippen LogP contribution is 2.27. The van der Waals surface area contributed by atoms with Crippen molar-refractivity contribution in [2.45, 2.75) is 13.5 Å². The molecule has 0 fully saturated rings. The van der Waals surface area contributed by atoms with Crippen LogP contribution >= 0.6 is 22.7 Å². The maximum absolute atomic E-state index is 12.8. The summed E-state index contributed by atoms with van der Waals surface area (Å²) in [7, 11) is 1.56. The summed E-state index contributed by atoms with van der Waals surface area (Å²) in [5, 5.41) is 0.304. The molecule has 29 heavy (non-hydrogen) atoms. The third-order valence-corrected chi connectivity index (χ3v) is 6.22. The number of nitrogens with zero attached hydrogens (tertiary/aromatic N) is 3. The van der Waals surface area contributed by atoms with Gasteiger partial charge < -0.3 is 14.0 Å². The first kappa shape index (κ1) is 19.3. The Hall–Kier alpha value is -3.04. The normalized spacial score (nSPS) is 11.9. The molecule has 0 saturated carbocycles. The third kappa shape index (κ3) is 3.79. The number of fused-ring (bicyclic) bond motifs is 2. The van der Waals surface area contributed by atoms with Gasteiger partial charge in [-0.3, -0.25) is 9.59 Å². The predicted octanol–water partition coefficient (Wildman–Crippen LogP) is 3.63. The number of carbonyl (C=O) groups is 2. The van der Waals surface area contributed by atoms with Gasteiger partial charge in [0, 0.05) is 0 Å². The number of methoxy groups -OCH3 is 1. The molecule has 7 nitrogen and oxygen atoms in total. The summed E-state index contributed by atoms with van der Waals surface area (Å²) < 4.78 is 14.0. The maximum atomic E-state index is 12.8. The minimum atomic E-state index is -0.450. The van der Waals surface area contributed by atoms with Crippen LogP contribution in [0.4, 0.5) is 0 Å². The molecule has 0 aliphatic heterocycles. The van der Waals surface area contributed by atoms with Gasteiger partial charge in [0.25, 0.3) is 0 Å². The first-order chi connectivity index (χ1) is 14.1. The third-order valence-electron chi connectivity index (χ3n) is 4.15. The number of carbonyl (C=O) groups excluding carboxylic acids is 2. The molecule has 148 valence electrons. The summed E-state index contributed by atoms with van der Waals surface area (Å²) in [5.41, 5.74) is 1.46. The van der Waals surface area contributed by atoms with Crippen LogP contribution < -0.4 is 9.54 Å². The summed E-state index contributed by atoms with van der Waals surface area (Å²) in [4.78, 5) is 34.0. The molecule has 2 aromatic heterocycles. The Kier molecular flexibility index (Phi) is 5.41. The minimum Gasteiger partial charge on any atom is -0.495 e. The summed E-state index contributed by atoms with van der Waals surface area (Å²) in [5.74, 6) is -0.266. The molecule has 9 heteroatoms. The van der Waals surface area contributed by atoms with Gasteiger partial charge in [0.1, 0.15) is 17.8 Å². The van der Waals surface area contributed by atoms with E-state index in [2.05, 4.69) is 9.98 Å². The molecule has 0 radical (unpaired) electrons. The lowest BCUT2D eigenvalue weighted by molar-refractivity contribution is -0.143. The highest BCUT2D eigenvalue weighted by Gasteiger charge is 2.17. The van der Waals surface area contributed by atoms with Crippen molar-refractivity contribution in [3.63, 3.8) is 0 Å². The smallest absolute Gasteiger partial charge is 0.326 e. The number of para-hydroxylation sites is 2. The van der Waals surface area contributed by atoms with Gasteiger partial charge in [-0.1, -0.05) is 29.5 Å². The van der Waals surface area contributed by atoms with Crippen LogP contribution in [0, 0.1) is 0 Å². The van der Waals surface area contributed by atoms with E-state index in [-0.39, 0.29) is 13.2 Å². The van der Waals surface area contributed by atoms with Crippen molar-refractivity contribution in [2.24, 2.45) is 4.99 Å². The van der Waals surface area contributed by atoms with Gasteiger partial charge >= 0.3 is 11.9 Å². The second kappa shape index (κ2) is 8.14. The zero-order valence-electron chi connectivity index (χ0n) is 15.7. The lowest BCUT2D eigenvalue weighted by atomic mass is 10.3. The van der Waals surface area contributed by atoms with Crippen molar-refractivity contribution in [1.82, 2.24) is 9.55 Å². The Morgan fingerprint density at radius 3 is 2.66 bits per heavy atom. The number of hydrogen-bond acceptors (Lipinski definition) is 7. The van der Waals surface area contributed by atoms with Crippen molar-refractivity contribution in [3.05, 3.63) is 52.3 Å². The van der Waals surface area contributed by atoms with Gasteiger partial charge in [-0.05, 0) is 31.2 Å². The van der Waals surface area contributed by atoms with Crippen LogP contribution in [0.25, 0.3) is 20.4 Å². The van der Waals surface area contributed by atoms with Crippen LogP contribution in [0.15, 0.2) is 47.5 Å². The van der Waals surface area contributed by atoms with Crippen LogP contribution in [0.1, 0.15) is 16.7 Å². The lowest BCUT2D eigenvalue weighted by Gasteiger charge is -2.08. The Morgan fingerprint density at radius 2 is 1.90 bits per heavy atom. The fourth-order valence-electron chi connectivity index (χ4n) is 2.93. The number of aromatic nitrogens is 2. The molecule has 4 rings (SSSR count). The molecule has 0 unspecified atom stereocenters. The van der Waals surface area contributed by atoms with Crippen LogP contribution in [0.5, 0.6) is 5.75 Å². The number of rotatable bonds is 5. The average molecular weight is 428 g/mol. The van der Waals surface area contributed by atoms with E-state index in [1.807, 2.05) is 36.4 Å². The number of amides is 1. The van der Waals surface area contributed by atoms with Crippen LogP contribution in [-0.2, 0) is 16.1 Å². The molecular weight excluding hydrogens is 410 g/mol. The van der Waals surface area contributed by atoms with Gasteiger partial charge in [0.2, 0.25) is 0 Å². The van der Waals surface area contributed by atoms with E-state index in [0.717, 1.165) is 14.9 Å². The SMILES string of the molecule is CCOC(=O)Cn1c(=NC(=O)c2nc3ccccc3s2)sc2cccc(OC)c21. The Morgan fingerprint density at radius 1 is 1.10 bits per heavy atom. The molecule has 4 aromatic rings. The van der Waals surface area contributed by atoms with E-state index in [0.29, 0.717) is 21.1 Å². The molecule has 0 N–H and O–H groups in total. The van der Waals surface area contributed by atoms with Gasteiger partial charge in [-0.15, -0.1) is 11.3 Å². The molecule has 0 aliphatic rings. The predicted molar refractivity (Wildman–Crippen MR) is 113 cm³/mol. The number of esters is 1. The molecule has 0 bridgehead atoms. The fraction of sp³-hybridized carbons (Fsp3) is 0.200. The van der Waals surface area contributed by atoms with Crippen molar-refractivity contribution >= 4 is 55.0 Å². The van der Waals surface area contributed by atoms with E-state index < -0.39 is 11.9 Å². The summed E-state index contributed by atoms with van der Waals surface area (Å²) in [6.45, 7) is 1.95. The molecule has 2 aromatic carbocycles. The van der Waals surface area contributed by atoms with Crippen LogP contribution in [-0.4, -0.2) is 35.1 Å². The second-order valence-electron chi connectivity index (χ2n) is 5.99. The Bertz CT molecular complexity index is 1250. The van der Waals surface area contributed by atoms with Crippen LogP contribution in [0.3, 0.4) is 0 Å². The second-order valence-corrected chi connectivity index (χ2v) is 8.03. The van der Waals surface area contributed by atoms with Gasteiger partial charge in [0.15, 0.2) is 9.81 Å². The van der Waals surface area contributed by atoms with E-state index in [9.17, 15) is 9.59 Å². The molecule has 0 spiro atoms. The average Bonchev–Trinajstić information content (AvgIpc) is 3.30. The highest BCUT2D eigenvalue weighted by molar-refractivity contribution is 7.20. The number of hydrogen-bond donors (Lipinski definition) is 0. The molecule has 2 heterocycles. The van der Waals surface area contributed by atoms with Crippen molar-refractivity contribution in [3.8, 4) is 5.75 Å². The standard InChI is InChI=1S/C20H17N3O4S2/c1-3-27-16(24)11-23-17-13(26-2)8-6-10-15(17)29-20(23)22-18(25)19-21-12-7-4-5-9-14(12)28-19/h4-10H,3,11H2,1-2H3. The summed E-state index contributed by atoms with van der Waals surface area (Å²) in [6, 6.07) is 13.1. The lowest BCUT2D eigenvalue weighted by Crippen LogP contribution is -2.23. The maximum Gasteiger partial charge on any atom is 0.326 e. The number of benzene rings is 2. The molecule has 0 saturated heterocycles. The zero-order chi connectivity index (χ0) is 20.4. The van der Waals surface area contributed by atoms with Crippen molar-refractivity contribution < 1.29 is 19.1 Å². The zero-order valence-corrected chi connectivity index (χ0v) is 17.4. The van der Waals surface area contributed by atoms with Crippen LogP contribution in [0.2, 0.25) is 0 Å². The minimum absolute atomic E-state index is 0.0693. The number of ether oxygens (including phenoxy) is 2. The van der Waals surface area contributed by atoms with Gasteiger partial charge in [-0.25, -0.2) is 4.98 Å². The molecule has 0 aliphatic carbocycles. The molecule has 1 amide bonds. The van der Waals surface area contributed by atoms with Crippen molar-refractivity contribution in [2.75, 3.05) is 13.7 Å². The van der Waals surface area contributed by atoms with E-state index >= 15 is 0 Å². The highest BCUT2D eigenvalue weighted by atomic mass is 32.1. The largest absolute Gasteiger partial charge is 0.495 e. The van der Waals surface area contributed by atoms with E-state index in [1.165, 1.54) is 22.7 Å². The molecule has 0 atom stereocenters. The number of thiazole rings is 2. The van der Waals surface area contributed by atoms with Gasteiger partial charge in [0.05, 0.1) is 28.6 Å². The fourth-order valence-corrected chi connectivity index (χ4v) is 4.82. The Balaban J connectivity index is 1.84. The quantitative estimate of drug-likeness (QED) is 0.454. The molecular formula is C20H17N3O4S2. The first-order valence-corrected chi connectivity index (χ1v) is 10.5.